The monoisotopic (exact) mass is 643 g/mol. The van der Waals surface area contributed by atoms with Crippen LogP contribution in [0.25, 0.3) is 0 Å². The lowest BCUT2D eigenvalue weighted by molar-refractivity contribution is -0.870. The SMILES string of the molecule is CC1(C)[C@H](NC(=O)/C(=N\OCC(=O)[O-])c2csc(N)n2)C(=O)N1OS(=O)(=O)[O-].C[N+](C)(C)CCO.C[N+](C)(C)CCO. The maximum absolute atomic E-state index is 12.5. The molecule has 2 rings (SSSR count). The molecule has 0 aliphatic carbocycles. The number of nitrogens with zero attached hydrogens (tertiary/aromatic N) is 5. The van der Waals surface area contributed by atoms with Crippen molar-refractivity contribution >= 4 is 50.4 Å². The fourth-order valence-electron chi connectivity index (χ4n) is 2.77. The highest BCUT2D eigenvalue weighted by molar-refractivity contribution is 7.80. The number of aliphatic hydroxyl groups is 2. The lowest BCUT2D eigenvalue weighted by Crippen LogP contribution is -2.76. The van der Waals surface area contributed by atoms with Gasteiger partial charge in [0.15, 0.2) is 17.5 Å². The first-order valence-corrected chi connectivity index (χ1v) is 14.4. The number of rotatable bonds is 12. The average molecular weight is 644 g/mol. The molecule has 1 fully saturated rings. The van der Waals surface area contributed by atoms with Gasteiger partial charge in [-0.25, -0.2) is 13.4 Å². The molecule has 1 aromatic heterocycles. The van der Waals surface area contributed by atoms with E-state index in [0.717, 1.165) is 33.4 Å². The molecule has 2 heterocycles. The first kappa shape index (κ1) is 39.0. The van der Waals surface area contributed by atoms with Gasteiger partial charge in [-0.1, -0.05) is 5.16 Å². The summed E-state index contributed by atoms with van der Waals surface area (Å²) in [6.07, 6.45) is 0. The maximum Gasteiger partial charge on any atom is 0.276 e. The normalized spacial score (nSPS) is 16.7. The van der Waals surface area contributed by atoms with Crippen molar-refractivity contribution in [3.63, 3.8) is 0 Å². The summed E-state index contributed by atoms with van der Waals surface area (Å²) >= 11 is 0.961. The zero-order valence-corrected chi connectivity index (χ0v) is 26.5. The van der Waals surface area contributed by atoms with Crippen LogP contribution in [0.4, 0.5) is 5.13 Å². The van der Waals surface area contributed by atoms with E-state index in [1.54, 1.807) is 0 Å². The number of aliphatic carboxylic acids is 1. The molecule has 0 spiro atoms. The fraction of sp³-hybridized carbons (Fsp3) is 0.682. The molecule has 1 saturated heterocycles. The first-order chi connectivity index (χ1) is 18.9. The van der Waals surface area contributed by atoms with Crippen LogP contribution in [0.3, 0.4) is 0 Å². The number of aromatic nitrogens is 1. The molecule has 0 aromatic carbocycles. The number of hydrogen-bond acceptors (Lipinski definition) is 15. The number of oxime groups is 1. The molecule has 18 nitrogen and oxygen atoms in total. The molecule has 1 aliphatic rings. The number of hydrogen-bond donors (Lipinski definition) is 4. The summed E-state index contributed by atoms with van der Waals surface area (Å²) in [7, 11) is 7.11. The van der Waals surface area contributed by atoms with E-state index in [4.69, 9.17) is 15.9 Å². The Morgan fingerprint density at radius 3 is 1.98 bits per heavy atom. The number of thiazole rings is 1. The van der Waals surface area contributed by atoms with Gasteiger partial charge in [0.05, 0.1) is 67.0 Å². The predicted molar refractivity (Wildman–Crippen MR) is 148 cm³/mol. The topological polar surface area (TPSA) is 257 Å². The Balaban J connectivity index is 0.000000990. The van der Waals surface area contributed by atoms with Gasteiger partial charge >= 0.3 is 0 Å². The van der Waals surface area contributed by atoms with Crippen LogP contribution in [-0.4, -0.2) is 152 Å². The van der Waals surface area contributed by atoms with E-state index >= 15 is 0 Å². The average Bonchev–Trinajstić information content (AvgIpc) is 3.22. The van der Waals surface area contributed by atoms with Crippen LogP contribution < -0.4 is 16.2 Å². The molecular formula is C22H41N7O11S2. The number of likely N-dealkylation sites (N-methyl/N-ethyl adjacent to an activating group) is 2. The number of hydroxylamine groups is 2. The lowest BCUT2D eigenvalue weighted by Gasteiger charge is -2.51. The molecule has 0 unspecified atom stereocenters. The molecule has 0 radical (unpaired) electrons. The third kappa shape index (κ3) is 14.8. The molecule has 2 amide bonds. The van der Waals surface area contributed by atoms with E-state index in [0.29, 0.717) is 5.06 Å². The second-order valence-corrected chi connectivity index (χ2v) is 13.2. The Kier molecular flexibility index (Phi) is 14.9. The van der Waals surface area contributed by atoms with Gasteiger partial charge in [0.25, 0.3) is 11.8 Å². The Bertz CT molecular complexity index is 1170. The third-order valence-electron chi connectivity index (χ3n) is 4.98. The number of carboxylic acid groups (broad SMARTS) is 1. The minimum Gasteiger partial charge on any atom is -0.724 e. The number of amides is 2. The summed E-state index contributed by atoms with van der Waals surface area (Å²) in [5.74, 6) is -3.60. The Hall–Kier alpha value is -2.98. The fourth-order valence-corrected chi connectivity index (χ4v) is 3.76. The summed E-state index contributed by atoms with van der Waals surface area (Å²) in [4.78, 5) is 43.3. The Morgan fingerprint density at radius 1 is 1.17 bits per heavy atom. The van der Waals surface area contributed by atoms with Crippen molar-refractivity contribution in [3.8, 4) is 0 Å². The summed E-state index contributed by atoms with van der Waals surface area (Å²) in [5, 5.41) is 34.6. The van der Waals surface area contributed by atoms with Crippen molar-refractivity contribution in [1.82, 2.24) is 15.4 Å². The molecule has 1 aliphatic heterocycles. The van der Waals surface area contributed by atoms with Crippen molar-refractivity contribution < 1.29 is 60.8 Å². The number of β-lactam (4-membered cyclic amide) rings is 1. The number of quaternary nitrogens is 2. The molecule has 242 valence electrons. The minimum absolute atomic E-state index is 0.0573. The second kappa shape index (κ2) is 16.0. The van der Waals surface area contributed by atoms with Crippen molar-refractivity contribution in [2.24, 2.45) is 5.16 Å². The van der Waals surface area contributed by atoms with Gasteiger partial charge in [-0.05, 0) is 13.8 Å². The van der Waals surface area contributed by atoms with Crippen molar-refractivity contribution in [3.05, 3.63) is 11.1 Å². The lowest BCUT2D eigenvalue weighted by atomic mass is 9.84. The summed E-state index contributed by atoms with van der Waals surface area (Å²) in [5.41, 5.74) is 3.54. The van der Waals surface area contributed by atoms with E-state index < -0.39 is 52.1 Å². The van der Waals surface area contributed by atoms with Crippen molar-refractivity contribution in [2.75, 3.05) is 80.9 Å². The number of nitrogen functional groups attached to an aromatic ring is 1. The standard InChI is InChI=1S/C12H15N5O9S2.2C5H14NO/c1-12(2)8(10(21)17(12)26-28(22,23)24)15-9(20)7(16-25-3-6(18)19)5-4-27-11(13)14-5;2*1-6(2,3)4-5-7/h4,8H,3H2,1-2H3,(H2,13,14)(H,15,20)(H,18,19)(H,22,23,24);2*7H,4-5H2,1-3H3/q;2*+1/p-2/b16-7-;;/t8-;;/m1../s1. The summed E-state index contributed by atoms with van der Waals surface area (Å²) in [6.45, 7) is 3.93. The van der Waals surface area contributed by atoms with Crippen LogP contribution in [-0.2, 0) is 33.9 Å². The van der Waals surface area contributed by atoms with Gasteiger partial charge in [0.1, 0.15) is 24.8 Å². The highest BCUT2D eigenvalue weighted by Crippen LogP contribution is 2.32. The molecule has 0 saturated carbocycles. The number of carbonyl (C=O) groups is 3. The number of nitrogens with two attached hydrogens (primary N) is 1. The predicted octanol–water partition coefficient (Wildman–Crippen LogP) is -3.94. The van der Waals surface area contributed by atoms with Gasteiger partial charge in [0.2, 0.25) is 10.4 Å². The largest absolute Gasteiger partial charge is 0.724 e. The highest BCUT2D eigenvalue weighted by atomic mass is 32.3. The van der Waals surface area contributed by atoms with E-state index in [1.165, 1.54) is 19.2 Å². The van der Waals surface area contributed by atoms with Gasteiger partial charge in [0, 0.05) is 5.38 Å². The Labute approximate surface area is 249 Å². The van der Waals surface area contributed by atoms with E-state index in [-0.39, 0.29) is 24.0 Å². The van der Waals surface area contributed by atoms with Crippen molar-refractivity contribution in [1.29, 1.82) is 0 Å². The number of anilines is 1. The van der Waals surface area contributed by atoms with Crippen LogP contribution in [0.15, 0.2) is 10.5 Å². The quantitative estimate of drug-likeness (QED) is 0.0424. The van der Waals surface area contributed by atoms with E-state index in [2.05, 4.69) is 66.9 Å². The molecule has 5 N–H and O–H groups in total. The molecule has 42 heavy (non-hydrogen) atoms. The van der Waals surface area contributed by atoms with E-state index in [9.17, 15) is 32.5 Å². The van der Waals surface area contributed by atoms with Gasteiger partial charge in [-0.2, -0.15) is 9.35 Å². The number of aliphatic hydroxyl groups excluding tert-OH is 2. The smallest absolute Gasteiger partial charge is 0.276 e. The number of carboxylic acids is 1. The number of nitrogens with one attached hydrogen (secondary N) is 1. The van der Waals surface area contributed by atoms with Crippen LogP contribution in [0.1, 0.15) is 19.5 Å². The molecule has 20 heteroatoms. The Morgan fingerprint density at radius 2 is 1.67 bits per heavy atom. The summed E-state index contributed by atoms with van der Waals surface area (Å²) < 4.78 is 37.8. The molecular weight excluding hydrogens is 602 g/mol. The van der Waals surface area contributed by atoms with Crippen molar-refractivity contribution in [2.45, 2.75) is 25.4 Å². The minimum atomic E-state index is -5.20. The third-order valence-corrected chi connectivity index (χ3v) is 5.98. The number of carbonyl (C=O) groups excluding carboxylic acids is 3. The highest BCUT2D eigenvalue weighted by Gasteiger charge is 2.57. The maximum atomic E-state index is 12.5. The van der Waals surface area contributed by atoms with Crippen LogP contribution in [0, 0.1) is 0 Å². The van der Waals surface area contributed by atoms with Gasteiger partial charge < -0.3 is 49.5 Å². The zero-order chi connectivity index (χ0) is 33.1. The van der Waals surface area contributed by atoms with Crippen LogP contribution >= 0.6 is 11.3 Å². The van der Waals surface area contributed by atoms with Gasteiger partial charge in [-0.15, -0.1) is 11.3 Å². The van der Waals surface area contributed by atoms with Crippen LogP contribution in [0.2, 0.25) is 0 Å². The molecule has 1 aromatic rings. The molecule has 0 bridgehead atoms. The van der Waals surface area contributed by atoms with Crippen LogP contribution in [0.5, 0.6) is 0 Å². The zero-order valence-electron chi connectivity index (χ0n) is 24.9. The second-order valence-electron chi connectivity index (χ2n) is 11.3. The summed E-state index contributed by atoms with van der Waals surface area (Å²) in [6, 6.07) is -1.29. The van der Waals surface area contributed by atoms with E-state index in [1.807, 2.05) is 0 Å². The van der Waals surface area contributed by atoms with Gasteiger partial charge in [-0.3, -0.25) is 9.59 Å². The first-order valence-electron chi connectivity index (χ1n) is 12.2. The molecule has 1 atom stereocenters.